The maximum Gasteiger partial charge on any atom is 0.339 e. The van der Waals surface area contributed by atoms with Crippen molar-refractivity contribution in [1.82, 2.24) is 4.85 Å². The molecule has 0 aliphatic carbocycles. The molecule has 0 radical (unpaired) electrons. The number of hydrogen-bond acceptors (Lipinski definition) is 5. The molecule has 0 aliphatic rings. The van der Waals surface area contributed by atoms with Crippen LogP contribution in [0.25, 0.3) is 11.1 Å². The molecule has 2 aromatic rings. The molecule has 7 heteroatoms. The minimum absolute atomic E-state index is 0.0897. The first kappa shape index (κ1) is 8.54. The molecule has 2 rings (SSSR count). The van der Waals surface area contributed by atoms with Gasteiger partial charge in [0.15, 0.2) is 6.20 Å². The number of ether oxygens (including phenoxy) is 2. The third-order valence-corrected chi connectivity index (χ3v) is 1.84. The largest absolute Gasteiger partial charge is 0.593 e. The molecule has 0 saturated heterocycles. The van der Waals surface area contributed by atoms with E-state index in [9.17, 15) is 5.21 Å². The monoisotopic (exact) mass is 200 g/mol. The fourth-order valence-corrected chi connectivity index (χ4v) is 1.25. The van der Waals surface area contributed by atoms with Gasteiger partial charge in [0.2, 0.25) is 5.58 Å². The summed E-state index contributed by atoms with van der Waals surface area (Å²) >= 11 is 0. The molecule has 2 heterocycles. The van der Waals surface area contributed by atoms with Crippen molar-refractivity contribution in [2.24, 2.45) is 0 Å². The van der Waals surface area contributed by atoms with E-state index < -0.39 is 0 Å². The van der Waals surface area contributed by atoms with Gasteiger partial charge in [0, 0.05) is 4.85 Å². The molecule has 76 valence electrons. The van der Waals surface area contributed by atoms with E-state index in [0.717, 1.165) is 6.20 Å². The molecule has 0 fully saturated rings. The number of rotatable bonds is 2. The van der Waals surface area contributed by atoms with Crippen LogP contribution in [0.3, 0.4) is 0 Å². The summed E-state index contributed by atoms with van der Waals surface area (Å²) in [4.78, 5) is 0.594. The molecule has 0 aromatic carbocycles. The molecule has 0 bridgehead atoms. The van der Waals surface area contributed by atoms with E-state index in [0.29, 0.717) is 4.85 Å². The summed E-state index contributed by atoms with van der Waals surface area (Å²) in [6, 6.07) is 0. The highest BCUT2D eigenvalue weighted by Gasteiger charge is 2.27. The Morgan fingerprint density at radius 2 is 2.21 bits per heavy atom. The van der Waals surface area contributed by atoms with Gasteiger partial charge in [-0.3, -0.25) is 0 Å². The minimum atomic E-state index is 0.0897. The lowest BCUT2D eigenvalue weighted by molar-refractivity contribution is -0.703. The molecule has 0 amide bonds. The maximum absolute atomic E-state index is 11.3. The molecule has 0 saturated carbocycles. The fraction of sp³-hybridized carbons (Fsp3) is 0.286. The third kappa shape index (κ3) is 0.889. The first-order chi connectivity index (χ1) is 6.69. The van der Waals surface area contributed by atoms with Crippen molar-refractivity contribution in [1.29, 1.82) is 0 Å². The summed E-state index contributed by atoms with van der Waals surface area (Å²) < 4.78 is 14.9. The SMILES string of the molecule is COc1oc2cn(O)[n+]([O-])c2c1OC. The van der Waals surface area contributed by atoms with E-state index in [1.165, 1.54) is 14.2 Å². The van der Waals surface area contributed by atoms with Crippen molar-refractivity contribution >= 4 is 11.1 Å². The smallest absolute Gasteiger partial charge is 0.339 e. The molecular formula is C7H8N2O5. The summed E-state index contributed by atoms with van der Waals surface area (Å²) in [5.41, 5.74) is 0.281. The zero-order chi connectivity index (χ0) is 10.3. The molecule has 2 aromatic heterocycles. The van der Waals surface area contributed by atoms with E-state index in [1.807, 2.05) is 0 Å². The number of nitrogens with zero attached hydrogens (tertiary/aromatic N) is 2. The van der Waals surface area contributed by atoms with Crippen LogP contribution in [0, 0.1) is 5.21 Å². The van der Waals surface area contributed by atoms with Crippen LogP contribution in [-0.2, 0) is 0 Å². The molecule has 0 aliphatic heterocycles. The van der Waals surface area contributed by atoms with Gasteiger partial charge in [0.25, 0.3) is 5.75 Å². The standard InChI is InChI=1S/C7H8N2O5/c1-12-6-5-4(14-7(6)13-2)3-8(10)9(5)11/h3,10H,1-2H3. The average Bonchev–Trinajstić information content (AvgIpc) is 2.65. The summed E-state index contributed by atoms with van der Waals surface area (Å²) in [5, 5.41) is 20.3. The van der Waals surface area contributed by atoms with E-state index >= 15 is 0 Å². The van der Waals surface area contributed by atoms with Crippen molar-refractivity contribution in [2.75, 3.05) is 14.2 Å². The summed E-state index contributed by atoms with van der Waals surface area (Å²) in [6.07, 6.45) is 1.12. The van der Waals surface area contributed by atoms with E-state index in [2.05, 4.69) is 0 Å². The van der Waals surface area contributed by atoms with Crippen LogP contribution in [0.2, 0.25) is 0 Å². The van der Waals surface area contributed by atoms with Gasteiger partial charge in [-0.2, -0.15) is 0 Å². The third-order valence-electron chi connectivity index (χ3n) is 1.84. The van der Waals surface area contributed by atoms with Gasteiger partial charge < -0.3 is 24.3 Å². The first-order valence-corrected chi connectivity index (χ1v) is 3.74. The average molecular weight is 200 g/mol. The lowest BCUT2D eigenvalue weighted by Crippen LogP contribution is -2.35. The van der Waals surface area contributed by atoms with E-state index in [1.54, 1.807) is 0 Å². The first-order valence-electron chi connectivity index (χ1n) is 3.74. The van der Waals surface area contributed by atoms with Gasteiger partial charge in [0.1, 0.15) is 0 Å². The summed E-state index contributed by atoms with van der Waals surface area (Å²) in [7, 11) is 2.77. The second-order valence-electron chi connectivity index (χ2n) is 2.56. The summed E-state index contributed by atoms with van der Waals surface area (Å²) in [5.74, 6) is 0.257. The number of hydrogen-bond donors (Lipinski definition) is 1. The highest BCUT2D eigenvalue weighted by atomic mass is 16.6. The van der Waals surface area contributed by atoms with Crippen LogP contribution in [-0.4, -0.2) is 24.3 Å². The van der Waals surface area contributed by atoms with Crippen molar-refractivity contribution in [3.63, 3.8) is 0 Å². The summed E-state index contributed by atoms with van der Waals surface area (Å²) in [6.45, 7) is 0. The van der Waals surface area contributed by atoms with Crippen molar-refractivity contribution in [2.45, 2.75) is 0 Å². The number of methoxy groups -OCH3 is 2. The highest BCUT2D eigenvalue weighted by Crippen LogP contribution is 2.36. The number of aromatic nitrogens is 2. The van der Waals surface area contributed by atoms with Gasteiger partial charge in [-0.1, -0.05) is 0 Å². The Morgan fingerprint density at radius 3 is 2.79 bits per heavy atom. The Labute approximate surface area is 78.2 Å². The Bertz CT molecular complexity index is 472. The zero-order valence-corrected chi connectivity index (χ0v) is 7.55. The van der Waals surface area contributed by atoms with Gasteiger partial charge in [0.05, 0.1) is 14.2 Å². The van der Waals surface area contributed by atoms with Crippen LogP contribution in [0.15, 0.2) is 10.6 Å². The Morgan fingerprint density at radius 1 is 1.50 bits per heavy atom. The predicted octanol–water partition coefficient (Wildman–Crippen LogP) is 0.122. The Balaban J connectivity index is 2.79. The van der Waals surface area contributed by atoms with Crippen molar-refractivity contribution in [3.8, 4) is 11.7 Å². The van der Waals surface area contributed by atoms with Crippen LogP contribution < -0.4 is 14.3 Å². The lowest BCUT2D eigenvalue weighted by Gasteiger charge is -1.98. The van der Waals surface area contributed by atoms with Crippen LogP contribution in [0.5, 0.6) is 11.7 Å². The van der Waals surface area contributed by atoms with Gasteiger partial charge >= 0.3 is 11.5 Å². The lowest BCUT2D eigenvalue weighted by atomic mass is 10.4. The molecular weight excluding hydrogens is 192 g/mol. The van der Waals surface area contributed by atoms with Gasteiger partial charge in [-0.15, -0.1) is 0 Å². The van der Waals surface area contributed by atoms with Gasteiger partial charge in [-0.05, 0) is 4.85 Å². The predicted molar refractivity (Wildman–Crippen MR) is 43.5 cm³/mol. The normalized spacial score (nSPS) is 10.7. The fourth-order valence-electron chi connectivity index (χ4n) is 1.25. The number of furan rings is 1. The number of fused-ring (bicyclic) bond motifs is 1. The van der Waals surface area contributed by atoms with E-state index in [4.69, 9.17) is 19.1 Å². The van der Waals surface area contributed by atoms with Crippen LogP contribution in [0.4, 0.5) is 0 Å². The molecule has 0 unspecified atom stereocenters. The minimum Gasteiger partial charge on any atom is -0.593 e. The zero-order valence-electron chi connectivity index (χ0n) is 7.55. The maximum atomic E-state index is 11.3. The van der Waals surface area contributed by atoms with Crippen LogP contribution >= 0.6 is 0 Å². The van der Waals surface area contributed by atoms with Crippen molar-refractivity contribution < 1.29 is 23.9 Å². The highest BCUT2D eigenvalue weighted by molar-refractivity contribution is 5.79. The second kappa shape index (κ2) is 2.72. The van der Waals surface area contributed by atoms with Gasteiger partial charge in [-0.25, -0.2) is 0 Å². The molecule has 0 spiro atoms. The quantitative estimate of drug-likeness (QED) is 0.423. The molecule has 7 nitrogen and oxygen atoms in total. The Hall–Kier alpha value is -2.05. The molecule has 1 N–H and O–H groups in total. The molecule has 0 atom stereocenters. The van der Waals surface area contributed by atoms with Crippen molar-refractivity contribution in [3.05, 3.63) is 11.4 Å². The second-order valence-corrected chi connectivity index (χ2v) is 2.56. The molecule has 14 heavy (non-hydrogen) atoms. The topological polar surface area (TPSA) is 83.7 Å². The van der Waals surface area contributed by atoms with E-state index in [-0.39, 0.29) is 27.6 Å². The van der Waals surface area contributed by atoms with Crippen LogP contribution in [0.1, 0.15) is 0 Å². The Kier molecular flexibility index (Phi) is 1.66.